The Balaban J connectivity index is 1.68. The Kier molecular flexibility index (Phi) is 5.99. The summed E-state index contributed by atoms with van der Waals surface area (Å²) in [4.78, 5) is 23.4. The van der Waals surface area contributed by atoms with E-state index in [0.717, 1.165) is 38.7 Å². The van der Waals surface area contributed by atoms with Crippen molar-refractivity contribution in [3.63, 3.8) is 0 Å². The molecule has 2 fully saturated rings. The van der Waals surface area contributed by atoms with Crippen LogP contribution in [0.5, 0.6) is 0 Å². The van der Waals surface area contributed by atoms with Gasteiger partial charge in [0.2, 0.25) is 5.91 Å². The molecule has 0 spiro atoms. The molecule has 1 unspecified atom stereocenters. The van der Waals surface area contributed by atoms with Crippen LogP contribution in [0, 0.1) is 0 Å². The van der Waals surface area contributed by atoms with E-state index in [9.17, 15) is 14.7 Å². The minimum absolute atomic E-state index is 0.150. The molecule has 1 saturated carbocycles. The topological polar surface area (TPSA) is 84.9 Å². The fourth-order valence-electron chi connectivity index (χ4n) is 3.03. The molecule has 6 heteroatoms. The summed E-state index contributed by atoms with van der Waals surface area (Å²) in [5, 5.41) is 12.1. The zero-order valence-electron chi connectivity index (χ0n) is 12.4. The Hall–Kier alpha value is -1.14. The van der Waals surface area contributed by atoms with Crippen LogP contribution in [0.4, 0.5) is 0 Å². The van der Waals surface area contributed by atoms with Gasteiger partial charge in [-0.1, -0.05) is 19.3 Å². The van der Waals surface area contributed by atoms with Crippen molar-refractivity contribution in [3.8, 4) is 0 Å². The zero-order chi connectivity index (χ0) is 15.1. The minimum Gasteiger partial charge on any atom is -0.480 e. The molecule has 2 rings (SSSR count). The maximum atomic E-state index is 11.9. The largest absolute Gasteiger partial charge is 0.480 e. The number of amides is 1. The molecule has 0 aromatic heterocycles. The first-order chi connectivity index (χ1) is 10.1. The first-order valence-corrected chi connectivity index (χ1v) is 7.86. The first kappa shape index (κ1) is 16.2. The Morgan fingerprint density at radius 3 is 2.62 bits per heavy atom. The van der Waals surface area contributed by atoms with Crippen molar-refractivity contribution in [2.45, 2.75) is 63.0 Å². The monoisotopic (exact) mass is 299 g/mol. The van der Waals surface area contributed by atoms with Crippen molar-refractivity contribution < 1.29 is 24.2 Å². The average molecular weight is 299 g/mol. The van der Waals surface area contributed by atoms with Gasteiger partial charge in [0, 0.05) is 13.0 Å². The van der Waals surface area contributed by atoms with Crippen LogP contribution in [0.25, 0.3) is 0 Å². The fraction of sp³-hybridized carbons (Fsp3) is 0.867. The summed E-state index contributed by atoms with van der Waals surface area (Å²) in [7, 11) is 0. The molecule has 1 saturated heterocycles. The highest BCUT2D eigenvalue weighted by molar-refractivity contribution is 5.87. The highest BCUT2D eigenvalue weighted by atomic mass is 16.5. The first-order valence-electron chi connectivity index (χ1n) is 7.86. The van der Waals surface area contributed by atoms with Gasteiger partial charge in [0.05, 0.1) is 19.3 Å². The number of hydrogen-bond acceptors (Lipinski definition) is 4. The van der Waals surface area contributed by atoms with Gasteiger partial charge < -0.3 is 19.9 Å². The molecular weight excluding hydrogens is 274 g/mol. The standard InChI is InChI=1S/C15H25NO5/c17-13(6-10-20-11-12-5-4-9-21-12)16-15(14(18)19)7-2-1-3-8-15/h12H,1-11H2,(H,16,17)(H,18,19). The molecule has 0 bridgehead atoms. The van der Waals surface area contributed by atoms with Crippen LogP contribution in [-0.4, -0.2) is 48.4 Å². The molecule has 1 heterocycles. The summed E-state index contributed by atoms with van der Waals surface area (Å²) >= 11 is 0. The van der Waals surface area contributed by atoms with Crippen molar-refractivity contribution in [1.82, 2.24) is 5.32 Å². The number of carboxylic acids is 1. The summed E-state index contributed by atoms with van der Waals surface area (Å²) in [6, 6.07) is 0. The van der Waals surface area contributed by atoms with E-state index in [0.29, 0.717) is 26.1 Å². The Morgan fingerprint density at radius 2 is 2.00 bits per heavy atom. The van der Waals surface area contributed by atoms with Gasteiger partial charge in [-0.05, 0) is 25.7 Å². The normalized spacial score (nSPS) is 24.7. The molecule has 0 aromatic carbocycles. The fourth-order valence-corrected chi connectivity index (χ4v) is 3.03. The van der Waals surface area contributed by atoms with Crippen LogP contribution in [0.15, 0.2) is 0 Å². The summed E-state index contributed by atoms with van der Waals surface area (Å²) in [5.74, 6) is -1.16. The van der Waals surface area contributed by atoms with Crippen molar-refractivity contribution in [2.75, 3.05) is 19.8 Å². The molecule has 21 heavy (non-hydrogen) atoms. The number of ether oxygens (including phenoxy) is 2. The van der Waals surface area contributed by atoms with Crippen molar-refractivity contribution in [1.29, 1.82) is 0 Å². The van der Waals surface area contributed by atoms with Crippen LogP contribution in [0.1, 0.15) is 51.4 Å². The number of carbonyl (C=O) groups is 2. The lowest BCUT2D eigenvalue weighted by molar-refractivity contribution is -0.149. The zero-order valence-corrected chi connectivity index (χ0v) is 12.4. The number of aliphatic carboxylic acids is 1. The Bertz CT molecular complexity index is 359. The average Bonchev–Trinajstić information content (AvgIpc) is 2.98. The van der Waals surface area contributed by atoms with Gasteiger partial charge >= 0.3 is 5.97 Å². The molecule has 1 aliphatic carbocycles. The Labute approximate surface area is 125 Å². The van der Waals surface area contributed by atoms with Gasteiger partial charge in [0.25, 0.3) is 0 Å². The molecular formula is C15H25NO5. The third kappa shape index (κ3) is 4.68. The number of carbonyl (C=O) groups excluding carboxylic acids is 1. The van der Waals surface area contributed by atoms with E-state index in [4.69, 9.17) is 9.47 Å². The predicted octanol–water partition coefficient (Wildman–Crippen LogP) is 1.48. The third-order valence-corrected chi connectivity index (χ3v) is 4.30. The summed E-state index contributed by atoms with van der Waals surface area (Å²) in [5.41, 5.74) is -1.07. The van der Waals surface area contributed by atoms with Gasteiger partial charge in [0.1, 0.15) is 5.54 Å². The molecule has 120 valence electrons. The van der Waals surface area contributed by atoms with E-state index in [2.05, 4.69) is 5.32 Å². The van der Waals surface area contributed by atoms with Crippen LogP contribution < -0.4 is 5.32 Å². The second kappa shape index (κ2) is 7.75. The molecule has 1 atom stereocenters. The molecule has 2 aliphatic rings. The predicted molar refractivity (Wildman–Crippen MR) is 76.0 cm³/mol. The van der Waals surface area contributed by atoms with Crippen LogP contribution in [0.2, 0.25) is 0 Å². The van der Waals surface area contributed by atoms with E-state index >= 15 is 0 Å². The lowest BCUT2D eigenvalue weighted by atomic mass is 9.81. The van der Waals surface area contributed by atoms with Crippen molar-refractivity contribution >= 4 is 11.9 Å². The molecule has 6 nitrogen and oxygen atoms in total. The van der Waals surface area contributed by atoms with Gasteiger partial charge in [-0.25, -0.2) is 4.79 Å². The maximum absolute atomic E-state index is 11.9. The van der Waals surface area contributed by atoms with E-state index in [1.807, 2.05) is 0 Å². The van der Waals surface area contributed by atoms with Crippen LogP contribution in [-0.2, 0) is 19.1 Å². The Morgan fingerprint density at radius 1 is 1.24 bits per heavy atom. The highest BCUT2D eigenvalue weighted by Gasteiger charge is 2.40. The quantitative estimate of drug-likeness (QED) is 0.695. The van der Waals surface area contributed by atoms with Crippen molar-refractivity contribution in [2.24, 2.45) is 0 Å². The van der Waals surface area contributed by atoms with Crippen LogP contribution >= 0.6 is 0 Å². The third-order valence-electron chi connectivity index (χ3n) is 4.30. The number of rotatable bonds is 7. The molecule has 2 N–H and O–H groups in total. The van der Waals surface area contributed by atoms with Crippen molar-refractivity contribution in [3.05, 3.63) is 0 Å². The SMILES string of the molecule is O=C(CCOCC1CCCO1)NC1(C(=O)O)CCCCC1. The lowest BCUT2D eigenvalue weighted by Gasteiger charge is -2.34. The summed E-state index contributed by atoms with van der Waals surface area (Å²) < 4.78 is 10.9. The molecule has 0 radical (unpaired) electrons. The van der Waals surface area contributed by atoms with E-state index < -0.39 is 11.5 Å². The second-order valence-electron chi connectivity index (χ2n) is 5.96. The van der Waals surface area contributed by atoms with Gasteiger partial charge in [0.15, 0.2) is 0 Å². The molecule has 1 aliphatic heterocycles. The molecule has 0 aromatic rings. The van der Waals surface area contributed by atoms with E-state index in [1.54, 1.807) is 0 Å². The van der Waals surface area contributed by atoms with Gasteiger partial charge in [-0.2, -0.15) is 0 Å². The lowest BCUT2D eigenvalue weighted by Crippen LogP contribution is -2.55. The highest BCUT2D eigenvalue weighted by Crippen LogP contribution is 2.28. The smallest absolute Gasteiger partial charge is 0.329 e. The molecule has 1 amide bonds. The number of hydrogen-bond donors (Lipinski definition) is 2. The maximum Gasteiger partial charge on any atom is 0.329 e. The van der Waals surface area contributed by atoms with Crippen LogP contribution in [0.3, 0.4) is 0 Å². The minimum atomic E-state index is -1.07. The van der Waals surface area contributed by atoms with Gasteiger partial charge in [-0.3, -0.25) is 4.79 Å². The van der Waals surface area contributed by atoms with Gasteiger partial charge in [-0.15, -0.1) is 0 Å². The second-order valence-corrected chi connectivity index (χ2v) is 5.96. The van der Waals surface area contributed by atoms with E-state index in [-0.39, 0.29) is 18.4 Å². The summed E-state index contributed by atoms with van der Waals surface area (Å²) in [6.07, 6.45) is 6.19. The van der Waals surface area contributed by atoms with E-state index in [1.165, 1.54) is 0 Å². The number of nitrogens with one attached hydrogen (secondary N) is 1. The summed E-state index contributed by atoms with van der Waals surface area (Å²) in [6.45, 7) is 1.61. The number of carboxylic acid groups (broad SMARTS) is 1.